The summed E-state index contributed by atoms with van der Waals surface area (Å²) in [6, 6.07) is 16.8. The van der Waals surface area contributed by atoms with Gasteiger partial charge in [0.25, 0.3) is 5.91 Å². The van der Waals surface area contributed by atoms with Crippen LogP contribution in [0, 0.1) is 0 Å². The van der Waals surface area contributed by atoms with Crippen LogP contribution in [-0.2, 0) is 6.42 Å². The molecular formula is C22H24N4O3. The zero-order valence-corrected chi connectivity index (χ0v) is 16.5. The second kappa shape index (κ2) is 10.1. The fourth-order valence-electron chi connectivity index (χ4n) is 2.72. The summed E-state index contributed by atoms with van der Waals surface area (Å²) >= 11 is 0. The third kappa shape index (κ3) is 5.68. The first-order valence-corrected chi connectivity index (χ1v) is 9.42. The highest BCUT2D eigenvalue weighted by Gasteiger charge is 2.12. The van der Waals surface area contributed by atoms with Crippen LogP contribution in [0.4, 0.5) is 11.6 Å². The van der Waals surface area contributed by atoms with Gasteiger partial charge in [-0.25, -0.2) is 9.97 Å². The van der Waals surface area contributed by atoms with Gasteiger partial charge < -0.3 is 20.1 Å². The first kappa shape index (κ1) is 20.1. The van der Waals surface area contributed by atoms with Crippen molar-refractivity contribution in [3.8, 4) is 11.5 Å². The van der Waals surface area contributed by atoms with E-state index in [1.807, 2.05) is 49.4 Å². The number of amides is 1. The Morgan fingerprint density at radius 3 is 2.62 bits per heavy atom. The molecule has 1 amide bonds. The molecule has 29 heavy (non-hydrogen) atoms. The minimum atomic E-state index is -0.322. The normalized spacial score (nSPS) is 10.3. The lowest BCUT2D eigenvalue weighted by Crippen LogP contribution is -2.16. The second-order valence-corrected chi connectivity index (χ2v) is 6.17. The first-order chi connectivity index (χ1) is 14.2. The van der Waals surface area contributed by atoms with Gasteiger partial charge in [0, 0.05) is 12.7 Å². The van der Waals surface area contributed by atoms with Gasteiger partial charge in [0.05, 0.1) is 19.4 Å². The van der Waals surface area contributed by atoms with E-state index in [2.05, 4.69) is 20.6 Å². The lowest BCUT2D eigenvalue weighted by atomic mass is 10.1. The van der Waals surface area contributed by atoms with Crippen LogP contribution >= 0.6 is 0 Å². The van der Waals surface area contributed by atoms with Crippen molar-refractivity contribution >= 4 is 17.5 Å². The molecule has 3 aromatic rings. The zero-order valence-electron chi connectivity index (χ0n) is 16.5. The predicted octanol–water partition coefficient (Wildman–Crippen LogP) is 3.79. The molecule has 150 valence electrons. The molecule has 0 saturated carbocycles. The fraction of sp³-hybridized carbons (Fsp3) is 0.227. The van der Waals surface area contributed by atoms with Crippen molar-refractivity contribution in [3.63, 3.8) is 0 Å². The van der Waals surface area contributed by atoms with E-state index in [0.29, 0.717) is 30.5 Å². The molecule has 2 N–H and O–H groups in total. The molecule has 0 aliphatic heterocycles. The monoisotopic (exact) mass is 392 g/mol. The number of ether oxygens (including phenoxy) is 2. The smallest absolute Gasteiger partial charge is 0.274 e. The van der Waals surface area contributed by atoms with E-state index in [4.69, 9.17) is 9.47 Å². The Labute approximate surface area is 170 Å². The molecular weight excluding hydrogens is 368 g/mol. The molecule has 7 heteroatoms. The van der Waals surface area contributed by atoms with Crippen LogP contribution in [0.5, 0.6) is 11.5 Å². The van der Waals surface area contributed by atoms with Crippen LogP contribution in [0.15, 0.2) is 60.8 Å². The van der Waals surface area contributed by atoms with Gasteiger partial charge in [0.1, 0.15) is 17.2 Å². The van der Waals surface area contributed by atoms with Gasteiger partial charge in [-0.2, -0.15) is 0 Å². The molecule has 3 rings (SSSR count). The number of nitrogens with one attached hydrogen (secondary N) is 2. The summed E-state index contributed by atoms with van der Waals surface area (Å²) in [6.07, 6.45) is 2.36. The molecule has 0 spiro atoms. The third-order valence-corrected chi connectivity index (χ3v) is 4.18. The van der Waals surface area contributed by atoms with E-state index in [1.165, 1.54) is 5.56 Å². The van der Waals surface area contributed by atoms with Crippen molar-refractivity contribution in [1.82, 2.24) is 9.97 Å². The van der Waals surface area contributed by atoms with Crippen LogP contribution in [0.2, 0.25) is 0 Å². The van der Waals surface area contributed by atoms with Crippen molar-refractivity contribution in [2.24, 2.45) is 0 Å². The largest absolute Gasteiger partial charge is 0.497 e. The molecule has 0 radical (unpaired) electrons. The summed E-state index contributed by atoms with van der Waals surface area (Å²) in [5, 5.41) is 5.99. The lowest BCUT2D eigenvalue weighted by molar-refractivity contribution is 0.102. The number of aromatic nitrogens is 2. The first-order valence-electron chi connectivity index (χ1n) is 9.42. The predicted molar refractivity (Wildman–Crippen MR) is 113 cm³/mol. The quantitative estimate of drug-likeness (QED) is 0.576. The maximum absolute atomic E-state index is 12.6. The molecule has 0 atom stereocenters. The van der Waals surface area contributed by atoms with Gasteiger partial charge >= 0.3 is 0 Å². The van der Waals surface area contributed by atoms with E-state index in [-0.39, 0.29) is 11.6 Å². The van der Waals surface area contributed by atoms with Crippen LogP contribution in [0.25, 0.3) is 0 Å². The summed E-state index contributed by atoms with van der Waals surface area (Å²) in [5.41, 5.74) is 2.05. The maximum atomic E-state index is 12.6. The Kier molecular flexibility index (Phi) is 7.00. The average Bonchev–Trinajstić information content (AvgIpc) is 2.76. The number of para-hydroxylation sites is 2. The minimum absolute atomic E-state index is 0.276. The summed E-state index contributed by atoms with van der Waals surface area (Å²) in [4.78, 5) is 21.1. The van der Waals surface area contributed by atoms with Crippen molar-refractivity contribution < 1.29 is 14.3 Å². The van der Waals surface area contributed by atoms with Crippen LogP contribution in [0.1, 0.15) is 23.0 Å². The average molecular weight is 392 g/mol. The van der Waals surface area contributed by atoms with Crippen molar-refractivity contribution in [2.75, 3.05) is 30.9 Å². The van der Waals surface area contributed by atoms with Gasteiger partial charge in [-0.15, -0.1) is 0 Å². The summed E-state index contributed by atoms with van der Waals surface area (Å²) in [7, 11) is 1.65. The van der Waals surface area contributed by atoms with Gasteiger partial charge in [0.15, 0.2) is 0 Å². The van der Waals surface area contributed by atoms with Crippen molar-refractivity contribution in [2.45, 2.75) is 13.3 Å². The summed E-state index contributed by atoms with van der Waals surface area (Å²) < 4.78 is 10.7. The van der Waals surface area contributed by atoms with Crippen molar-refractivity contribution in [1.29, 1.82) is 0 Å². The SMILES string of the molecule is CCOc1ccccc1NC(=O)c1ccnc(NCCc2ccc(OC)cc2)n1. The molecule has 0 fully saturated rings. The highest BCUT2D eigenvalue weighted by atomic mass is 16.5. The molecule has 2 aromatic carbocycles. The van der Waals surface area contributed by atoms with Gasteiger partial charge in [-0.05, 0) is 49.2 Å². The Morgan fingerprint density at radius 1 is 1.07 bits per heavy atom. The number of hydrogen-bond donors (Lipinski definition) is 2. The minimum Gasteiger partial charge on any atom is -0.497 e. The molecule has 0 unspecified atom stereocenters. The molecule has 7 nitrogen and oxygen atoms in total. The number of benzene rings is 2. The highest BCUT2D eigenvalue weighted by molar-refractivity contribution is 6.03. The molecule has 1 heterocycles. The van der Waals surface area contributed by atoms with Gasteiger partial charge in [0.2, 0.25) is 5.95 Å². The van der Waals surface area contributed by atoms with Crippen LogP contribution in [-0.4, -0.2) is 36.1 Å². The number of carbonyl (C=O) groups is 1. The van der Waals surface area contributed by atoms with Gasteiger partial charge in [-0.3, -0.25) is 4.79 Å². The van der Waals surface area contributed by atoms with E-state index < -0.39 is 0 Å². The molecule has 0 saturated heterocycles. The van der Waals surface area contributed by atoms with E-state index in [1.54, 1.807) is 25.4 Å². The number of methoxy groups -OCH3 is 1. The Hall–Kier alpha value is -3.61. The fourth-order valence-corrected chi connectivity index (χ4v) is 2.72. The number of nitrogens with zero attached hydrogens (tertiary/aromatic N) is 2. The Morgan fingerprint density at radius 2 is 1.86 bits per heavy atom. The van der Waals surface area contributed by atoms with E-state index in [9.17, 15) is 4.79 Å². The summed E-state index contributed by atoms with van der Waals surface area (Å²) in [6.45, 7) is 3.06. The molecule has 0 bridgehead atoms. The number of anilines is 2. The van der Waals surface area contributed by atoms with Crippen molar-refractivity contribution in [3.05, 3.63) is 72.1 Å². The molecule has 1 aromatic heterocycles. The number of carbonyl (C=O) groups excluding carboxylic acids is 1. The second-order valence-electron chi connectivity index (χ2n) is 6.17. The maximum Gasteiger partial charge on any atom is 0.274 e. The van der Waals surface area contributed by atoms with E-state index >= 15 is 0 Å². The Balaban J connectivity index is 1.59. The lowest BCUT2D eigenvalue weighted by Gasteiger charge is -2.11. The zero-order chi connectivity index (χ0) is 20.5. The van der Waals surface area contributed by atoms with Crippen LogP contribution in [0.3, 0.4) is 0 Å². The van der Waals surface area contributed by atoms with Gasteiger partial charge in [-0.1, -0.05) is 24.3 Å². The Bertz CT molecular complexity index is 945. The number of rotatable bonds is 9. The molecule has 0 aliphatic carbocycles. The highest BCUT2D eigenvalue weighted by Crippen LogP contribution is 2.24. The third-order valence-electron chi connectivity index (χ3n) is 4.18. The summed E-state index contributed by atoms with van der Waals surface area (Å²) in [5.74, 6) is 1.53. The van der Waals surface area contributed by atoms with Crippen LogP contribution < -0.4 is 20.1 Å². The standard InChI is InChI=1S/C22H24N4O3/c1-3-29-20-7-5-4-6-18(20)25-21(27)19-13-15-24-22(26-19)23-14-12-16-8-10-17(28-2)11-9-16/h4-11,13,15H,3,12,14H2,1-2H3,(H,25,27)(H,23,24,26). The topological polar surface area (TPSA) is 85.4 Å². The number of hydrogen-bond acceptors (Lipinski definition) is 6. The van der Waals surface area contributed by atoms with E-state index in [0.717, 1.165) is 12.2 Å². The molecule has 0 aliphatic rings.